The molecule has 1 aromatic heterocycles. The molecule has 1 aliphatic heterocycles. The molecule has 158 valence electrons. The van der Waals surface area contributed by atoms with Gasteiger partial charge in [-0.2, -0.15) is 17.5 Å². The summed E-state index contributed by atoms with van der Waals surface area (Å²) >= 11 is 1.21. The fraction of sp³-hybridized carbons (Fsp3) is 0.471. The van der Waals surface area contributed by atoms with Gasteiger partial charge in [0.15, 0.2) is 0 Å². The van der Waals surface area contributed by atoms with Crippen molar-refractivity contribution in [2.24, 2.45) is 0 Å². The number of rotatable bonds is 5. The second-order valence-corrected chi connectivity index (χ2v) is 9.78. The van der Waals surface area contributed by atoms with E-state index in [1.807, 2.05) is 13.8 Å². The molecule has 1 atom stereocenters. The van der Waals surface area contributed by atoms with E-state index < -0.39 is 33.7 Å². The number of benzene rings is 1. The number of amides is 1. The minimum atomic E-state index is -4.56. The van der Waals surface area contributed by atoms with E-state index in [2.05, 4.69) is 15.5 Å². The van der Waals surface area contributed by atoms with Crippen LogP contribution < -0.4 is 5.32 Å². The Morgan fingerprint density at radius 2 is 1.90 bits per heavy atom. The second-order valence-electron chi connectivity index (χ2n) is 6.89. The van der Waals surface area contributed by atoms with Gasteiger partial charge >= 0.3 is 6.18 Å². The molecule has 3 rings (SSSR count). The van der Waals surface area contributed by atoms with E-state index in [1.54, 1.807) is 0 Å². The Morgan fingerprint density at radius 3 is 2.45 bits per heavy atom. The first-order valence-corrected chi connectivity index (χ1v) is 11.1. The maximum Gasteiger partial charge on any atom is 0.416 e. The van der Waals surface area contributed by atoms with Crippen LogP contribution in [0.3, 0.4) is 0 Å². The summed E-state index contributed by atoms with van der Waals surface area (Å²) < 4.78 is 65.0. The van der Waals surface area contributed by atoms with Crippen LogP contribution in [0, 0.1) is 0 Å². The average molecular weight is 448 g/mol. The molecule has 12 heteroatoms. The van der Waals surface area contributed by atoms with E-state index >= 15 is 0 Å². The molecule has 1 aliphatic rings. The number of alkyl halides is 3. The Kier molecular flexibility index (Phi) is 5.97. The topological polar surface area (TPSA) is 92.3 Å². The van der Waals surface area contributed by atoms with E-state index in [4.69, 9.17) is 0 Å². The number of carbonyl (C=O) groups is 1. The molecule has 0 aliphatic carbocycles. The lowest BCUT2D eigenvalue weighted by atomic mass is 10.2. The Hall–Kier alpha value is -2.05. The quantitative estimate of drug-likeness (QED) is 0.756. The van der Waals surface area contributed by atoms with Crippen LogP contribution in [0.25, 0.3) is 0 Å². The zero-order chi connectivity index (χ0) is 21.4. The lowest BCUT2D eigenvalue weighted by Crippen LogP contribution is -2.43. The summed E-state index contributed by atoms with van der Waals surface area (Å²) in [6, 6.07) is 2.28. The predicted molar refractivity (Wildman–Crippen MR) is 101 cm³/mol. The molecule has 1 fully saturated rings. The van der Waals surface area contributed by atoms with E-state index in [0.717, 1.165) is 21.4 Å². The Morgan fingerprint density at radius 1 is 1.24 bits per heavy atom. The number of hydrogen-bond donors (Lipinski definition) is 1. The van der Waals surface area contributed by atoms with Crippen molar-refractivity contribution < 1.29 is 26.4 Å². The Bertz CT molecular complexity index is 988. The molecule has 1 amide bonds. The van der Waals surface area contributed by atoms with Crippen LogP contribution in [0.2, 0.25) is 0 Å². The predicted octanol–water partition coefficient (Wildman–Crippen LogP) is 3.47. The van der Waals surface area contributed by atoms with Crippen LogP contribution >= 0.6 is 11.3 Å². The van der Waals surface area contributed by atoms with Crippen LogP contribution in [0.5, 0.6) is 0 Å². The van der Waals surface area contributed by atoms with E-state index in [1.165, 1.54) is 11.3 Å². The Balaban J connectivity index is 1.78. The SMILES string of the molecule is CC(C)c1nnc(NC(=O)C2CCCN2S(=O)(=O)c2ccc(C(F)(F)F)cc2)s1. The van der Waals surface area contributed by atoms with Gasteiger partial charge in [0.1, 0.15) is 11.0 Å². The molecule has 0 spiro atoms. The molecule has 7 nitrogen and oxygen atoms in total. The van der Waals surface area contributed by atoms with E-state index in [9.17, 15) is 26.4 Å². The summed E-state index contributed by atoms with van der Waals surface area (Å²) in [6.45, 7) is 3.97. The zero-order valence-electron chi connectivity index (χ0n) is 15.6. The van der Waals surface area contributed by atoms with Crippen molar-refractivity contribution in [1.29, 1.82) is 0 Å². The minimum Gasteiger partial charge on any atom is -0.299 e. The number of aromatic nitrogens is 2. The molecule has 2 aromatic rings. The maximum atomic E-state index is 12.9. The van der Waals surface area contributed by atoms with Gasteiger partial charge in [-0.3, -0.25) is 10.1 Å². The molecule has 1 saturated heterocycles. The van der Waals surface area contributed by atoms with Crippen LogP contribution in [0.4, 0.5) is 18.3 Å². The van der Waals surface area contributed by atoms with Gasteiger partial charge in [0, 0.05) is 12.5 Å². The van der Waals surface area contributed by atoms with Crippen LogP contribution in [-0.4, -0.2) is 41.4 Å². The molecular weight excluding hydrogens is 429 g/mol. The van der Waals surface area contributed by atoms with Crippen molar-refractivity contribution in [3.05, 3.63) is 34.8 Å². The highest BCUT2D eigenvalue weighted by Gasteiger charge is 2.40. The highest BCUT2D eigenvalue weighted by atomic mass is 32.2. The van der Waals surface area contributed by atoms with Gasteiger partial charge < -0.3 is 0 Å². The number of carbonyl (C=O) groups excluding carboxylic acids is 1. The van der Waals surface area contributed by atoms with Crippen molar-refractivity contribution in [2.45, 2.75) is 49.7 Å². The summed E-state index contributed by atoms with van der Waals surface area (Å²) in [6.07, 6.45) is -3.79. The lowest BCUT2D eigenvalue weighted by Gasteiger charge is -2.23. The van der Waals surface area contributed by atoms with E-state index in [0.29, 0.717) is 25.0 Å². The summed E-state index contributed by atoms with van der Waals surface area (Å²) in [5.41, 5.74) is -0.940. The van der Waals surface area contributed by atoms with E-state index in [-0.39, 0.29) is 22.5 Å². The third-order valence-electron chi connectivity index (χ3n) is 4.46. The normalized spacial score (nSPS) is 18.3. The van der Waals surface area contributed by atoms with Gasteiger partial charge in [0.2, 0.25) is 21.1 Å². The summed E-state index contributed by atoms with van der Waals surface area (Å²) in [4.78, 5) is 12.4. The standard InChI is InChI=1S/C17H19F3N4O3S2/c1-10(2)15-22-23-16(28-15)21-14(25)13-4-3-9-24(13)29(26,27)12-7-5-11(6-8-12)17(18,19)20/h5-8,10,13H,3-4,9H2,1-2H3,(H,21,23,25). The number of nitrogens with one attached hydrogen (secondary N) is 1. The largest absolute Gasteiger partial charge is 0.416 e. The third-order valence-corrected chi connectivity index (χ3v) is 7.52. The van der Waals surface area contributed by atoms with Crippen LogP contribution in [0.1, 0.15) is 43.2 Å². The second kappa shape index (κ2) is 8.00. The minimum absolute atomic E-state index is 0.106. The first-order chi connectivity index (χ1) is 13.5. The monoisotopic (exact) mass is 448 g/mol. The molecule has 29 heavy (non-hydrogen) atoms. The molecule has 2 heterocycles. The summed E-state index contributed by atoms with van der Waals surface area (Å²) in [7, 11) is -4.12. The van der Waals surface area contributed by atoms with Crippen molar-refractivity contribution in [3.8, 4) is 0 Å². The summed E-state index contributed by atoms with van der Waals surface area (Å²) in [5, 5.41) is 11.5. The molecule has 0 radical (unpaired) electrons. The number of halogens is 3. The number of nitrogens with zero attached hydrogens (tertiary/aromatic N) is 3. The smallest absolute Gasteiger partial charge is 0.299 e. The Labute approximate surface area is 170 Å². The molecule has 1 aromatic carbocycles. The number of hydrogen-bond acceptors (Lipinski definition) is 6. The lowest BCUT2D eigenvalue weighted by molar-refractivity contribution is -0.137. The van der Waals surface area contributed by atoms with Crippen molar-refractivity contribution in [1.82, 2.24) is 14.5 Å². The van der Waals surface area contributed by atoms with Crippen molar-refractivity contribution in [3.63, 3.8) is 0 Å². The molecular formula is C17H19F3N4O3S2. The fourth-order valence-corrected chi connectivity index (χ4v) is 5.35. The van der Waals surface area contributed by atoms with Crippen LogP contribution in [-0.2, 0) is 21.0 Å². The summed E-state index contributed by atoms with van der Waals surface area (Å²) in [5.74, 6) is -0.398. The zero-order valence-corrected chi connectivity index (χ0v) is 17.2. The molecule has 0 bridgehead atoms. The van der Waals surface area contributed by atoms with Gasteiger partial charge in [-0.15, -0.1) is 10.2 Å². The van der Waals surface area contributed by atoms with Gasteiger partial charge in [-0.1, -0.05) is 25.2 Å². The van der Waals surface area contributed by atoms with Crippen molar-refractivity contribution in [2.75, 3.05) is 11.9 Å². The average Bonchev–Trinajstić information content (AvgIpc) is 3.31. The highest BCUT2D eigenvalue weighted by Crippen LogP contribution is 2.32. The maximum absolute atomic E-state index is 12.9. The number of sulfonamides is 1. The first kappa shape index (κ1) is 21.7. The van der Waals surface area contributed by atoms with Gasteiger partial charge in [-0.25, -0.2) is 8.42 Å². The fourth-order valence-electron chi connectivity index (χ4n) is 2.95. The van der Waals surface area contributed by atoms with Gasteiger partial charge in [-0.05, 0) is 37.1 Å². The number of anilines is 1. The molecule has 1 unspecified atom stereocenters. The highest BCUT2D eigenvalue weighted by molar-refractivity contribution is 7.89. The molecule has 1 N–H and O–H groups in total. The van der Waals surface area contributed by atoms with Gasteiger partial charge in [0.05, 0.1) is 10.5 Å². The van der Waals surface area contributed by atoms with Crippen LogP contribution in [0.15, 0.2) is 29.2 Å². The van der Waals surface area contributed by atoms with Crippen molar-refractivity contribution >= 4 is 32.4 Å². The third kappa shape index (κ3) is 4.59. The van der Waals surface area contributed by atoms with Gasteiger partial charge in [0.25, 0.3) is 0 Å². The first-order valence-electron chi connectivity index (χ1n) is 8.83. The molecule has 0 saturated carbocycles.